The molecule has 1 unspecified atom stereocenters. The summed E-state index contributed by atoms with van der Waals surface area (Å²) in [7, 11) is 0. The molecule has 0 fully saturated rings. The summed E-state index contributed by atoms with van der Waals surface area (Å²) in [6.07, 6.45) is 4.50. The molecule has 0 bridgehead atoms. The average Bonchev–Trinajstić information content (AvgIpc) is 2.34. The lowest BCUT2D eigenvalue weighted by Gasteiger charge is -2.24. The molecule has 0 aliphatic carbocycles. The molecule has 108 valence electrons. The summed E-state index contributed by atoms with van der Waals surface area (Å²) in [6.45, 7) is 10.1. The molecule has 0 heterocycles. The molecule has 0 aliphatic heterocycles. The van der Waals surface area contributed by atoms with Crippen LogP contribution in [0.2, 0.25) is 0 Å². The van der Waals surface area contributed by atoms with E-state index in [1.54, 1.807) is 12.1 Å². The summed E-state index contributed by atoms with van der Waals surface area (Å²) in [5.41, 5.74) is 1.58. The second-order valence-corrected chi connectivity index (χ2v) is 6.58. The van der Waals surface area contributed by atoms with Gasteiger partial charge in [-0.15, -0.1) is 0 Å². The minimum atomic E-state index is -0.156. The predicted molar refractivity (Wildman–Crippen MR) is 80.9 cm³/mol. The van der Waals surface area contributed by atoms with Gasteiger partial charge >= 0.3 is 0 Å². The normalized spacial score (nSPS) is 13.5. The van der Waals surface area contributed by atoms with E-state index in [0.29, 0.717) is 11.5 Å². The Morgan fingerprint density at radius 3 is 2.32 bits per heavy atom. The summed E-state index contributed by atoms with van der Waals surface area (Å²) < 4.78 is 12.9. The van der Waals surface area contributed by atoms with E-state index < -0.39 is 0 Å². The number of halogens is 1. The van der Waals surface area contributed by atoms with Gasteiger partial charge in [-0.25, -0.2) is 4.39 Å². The fraction of sp³-hybridized carbons (Fsp3) is 0.647. The second-order valence-electron chi connectivity index (χ2n) is 6.58. The van der Waals surface area contributed by atoms with Gasteiger partial charge < -0.3 is 5.32 Å². The zero-order chi connectivity index (χ0) is 14.3. The van der Waals surface area contributed by atoms with E-state index in [1.807, 2.05) is 12.1 Å². The lowest BCUT2D eigenvalue weighted by atomic mass is 9.87. The molecular weight excluding hydrogens is 237 g/mol. The maximum atomic E-state index is 12.9. The Morgan fingerprint density at radius 2 is 1.79 bits per heavy atom. The van der Waals surface area contributed by atoms with Gasteiger partial charge in [-0.2, -0.15) is 0 Å². The van der Waals surface area contributed by atoms with E-state index in [2.05, 4.69) is 33.0 Å². The molecule has 0 saturated heterocycles. The Kier molecular flexibility index (Phi) is 6.50. The minimum Gasteiger partial charge on any atom is -0.314 e. The number of benzene rings is 1. The molecule has 0 radical (unpaired) electrons. The van der Waals surface area contributed by atoms with Crippen LogP contribution in [0, 0.1) is 11.2 Å². The zero-order valence-corrected chi connectivity index (χ0v) is 12.8. The Morgan fingerprint density at radius 1 is 1.16 bits per heavy atom. The summed E-state index contributed by atoms with van der Waals surface area (Å²) in [4.78, 5) is 0. The highest BCUT2D eigenvalue weighted by Gasteiger charge is 2.15. The third-order valence-corrected chi connectivity index (χ3v) is 3.32. The first kappa shape index (κ1) is 16.2. The van der Waals surface area contributed by atoms with Crippen molar-refractivity contribution in [1.82, 2.24) is 5.32 Å². The van der Waals surface area contributed by atoms with Crippen molar-refractivity contribution in [3.8, 4) is 0 Å². The van der Waals surface area contributed by atoms with Crippen LogP contribution in [-0.2, 0) is 6.42 Å². The van der Waals surface area contributed by atoms with Crippen molar-refractivity contribution in [3.05, 3.63) is 35.6 Å². The fourth-order valence-electron chi connectivity index (χ4n) is 2.14. The highest BCUT2D eigenvalue weighted by Crippen LogP contribution is 2.22. The molecule has 2 heteroatoms. The van der Waals surface area contributed by atoms with Crippen LogP contribution >= 0.6 is 0 Å². The Labute approximate surface area is 117 Å². The van der Waals surface area contributed by atoms with Crippen LogP contribution in [-0.4, -0.2) is 12.6 Å². The molecule has 1 aromatic carbocycles. The predicted octanol–water partition coefficient (Wildman–Crippen LogP) is 4.56. The second kappa shape index (κ2) is 7.64. The first-order valence-corrected chi connectivity index (χ1v) is 7.38. The van der Waals surface area contributed by atoms with Gasteiger partial charge in [-0.05, 0) is 55.3 Å². The monoisotopic (exact) mass is 265 g/mol. The van der Waals surface area contributed by atoms with E-state index in [-0.39, 0.29) is 5.82 Å². The molecule has 0 amide bonds. The molecule has 19 heavy (non-hydrogen) atoms. The van der Waals surface area contributed by atoms with Gasteiger partial charge in [0.05, 0.1) is 0 Å². The molecule has 0 aromatic heterocycles. The van der Waals surface area contributed by atoms with Crippen molar-refractivity contribution in [1.29, 1.82) is 0 Å². The van der Waals surface area contributed by atoms with Crippen molar-refractivity contribution in [3.63, 3.8) is 0 Å². The summed E-state index contributed by atoms with van der Waals surface area (Å²) in [6, 6.07) is 7.39. The maximum Gasteiger partial charge on any atom is 0.123 e. The van der Waals surface area contributed by atoms with Gasteiger partial charge in [0.15, 0.2) is 0 Å². The van der Waals surface area contributed by atoms with Crippen LogP contribution in [0.1, 0.15) is 52.5 Å². The molecule has 1 rings (SSSR count). The van der Waals surface area contributed by atoms with Crippen molar-refractivity contribution >= 4 is 0 Å². The Hall–Kier alpha value is -0.890. The Bertz CT molecular complexity index is 351. The standard InChI is InChI=1S/C17H28FN/c1-5-12-19-16(10-11-17(2,3)4)13-14-6-8-15(18)9-7-14/h6-9,16,19H,5,10-13H2,1-4H3. The quantitative estimate of drug-likeness (QED) is 0.762. The SMILES string of the molecule is CCCNC(CCC(C)(C)C)Cc1ccc(F)cc1. The fourth-order valence-corrected chi connectivity index (χ4v) is 2.14. The van der Waals surface area contributed by atoms with Crippen molar-refractivity contribution in [2.45, 2.75) is 59.4 Å². The van der Waals surface area contributed by atoms with Crippen LogP contribution in [0.25, 0.3) is 0 Å². The lowest BCUT2D eigenvalue weighted by molar-refractivity contribution is 0.328. The van der Waals surface area contributed by atoms with Crippen molar-refractivity contribution in [2.75, 3.05) is 6.54 Å². The van der Waals surface area contributed by atoms with E-state index in [1.165, 1.54) is 18.4 Å². The molecule has 0 aliphatic rings. The van der Waals surface area contributed by atoms with Gasteiger partial charge in [-0.3, -0.25) is 0 Å². The number of hydrogen-bond donors (Lipinski definition) is 1. The van der Waals surface area contributed by atoms with E-state index in [9.17, 15) is 4.39 Å². The average molecular weight is 265 g/mol. The first-order valence-electron chi connectivity index (χ1n) is 7.38. The maximum absolute atomic E-state index is 12.9. The number of rotatable bonds is 7. The summed E-state index contributed by atoms with van der Waals surface area (Å²) in [5, 5.41) is 3.61. The minimum absolute atomic E-state index is 0.156. The first-order chi connectivity index (χ1) is 8.90. The van der Waals surface area contributed by atoms with E-state index in [4.69, 9.17) is 0 Å². The number of nitrogens with one attached hydrogen (secondary N) is 1. The molecule has 1 N–H and O–H groups in total. The van der Waals surface area contributed by atoms with Gasteiger partial charge in [-0.1, -0.05) is 39.8 Å². The summed E-state index contributed by atoms with van der Waals surface area (Å²) in [5.74, 6) is -0.156. The van der Waals surface area contributed by atoms with Crippen molar-refractivity contribution in [2.24, 2.45) is 5.41 Å². The smallest absolute Gasteiger partial charge is 0.123 e. The van der Waals surface area contributed by atoms with Crippen molar-refractivity contribution < 1.29 is 4.39 Å². The van der Waals surface area contributed by atoms with E-state index in [0.717, 1.165) is 19.4 Å². The van der Waals surface area contributed by atoms with E-state index >= 15 is 0 Å². The van der Waals surface area contributed by atoms with Crippen LogP contribution in [0.15, 0.2) is 24.3 Å². The van der Waals surface area contributed by atoms with Crippen LogP contribution in [0.3, 0.4) is 0 Å². The highest BCUT2D eigenvalue weighted by molar-refractivity contribution is 5.17. The Balaban J connectivity index is 2.55. The molecule has 0 saturated carbocycles. The molecule has 1 nitrogen and oxygen atoms in total. The lowest BCUT2D eigenvalue weighted by Crippen LogP contribution is -2.32. The summed E-state index contributed by atoms with van der Waals surface area (Å²) >= 11 is 0. The van der Waals surface area contributed by atoms with Gasteiger partial charge in [0.1, 0.15) is 5.82 Å². The van der Waals surface area contributed by atoms with Gasteiger partial charge in [0.25, 0.3) is 0 Å². The zero-order valence-electron chi connectivity index (χ0n) is 12.8. The molecular formula is C17H28FN. The largest absolute Gasteiger partial charge is 0.314 e. The highest BCUT2D eigenvalue weighted by atomic mass is 19.1. The third kappa shape index (κ3) is 7.31. The topological polar surface area (TPSA) is 12.0 Å². The molecule has 0 spiro atoms. The number of hydrogen-bond acceptors (Lipinski definition) is 1. The third-order valence-electron chi connectivity index (χ3n) is 3.32. The van der Waals surface area contributed by atoms with Crippen LogP contribution in [0.5, 0.6) is 0 Å². The molecule has 1 aromatic rings. The van der Waals surface area contributed by atoms with Crippen LogP contribution < -0.4 is 5.32 Å². The molecule has 1 atom stereocenters. The van der Waals surface area contributed by atoms with Crippen LogP contribution in [0.4, 0.5) is 4.39 Å². The van der Waals surface area contributed by atoms with Gasteiger partial charge in [0, 0.05) is 6.04 Å². The van der Waals surface area contributed by atoms with Gasteiger partial charge in [0.2, 0.25) is 0 Å².